The van der Waals surface area contributed by atoms with Crippen molar-refractivity contribution in [2.24, 2.45) is 0 Å². The smallest absolute Gasteiger partial charge is 0.242 e. The van der Waals surface area contributed by atoms with Crippen molar-refractivity contribution >= 4 is 11.7 Å². The average Bonchev–Trinajstić information content (AvgIpc) is 2.30. The van der Waals surface area contributed by atoms with E-state index in [-0.39, 0.29) is 11.9 Å². The quantitative estimate of drug-likeness (QED) is 0.750. The van der Waals surface area contributed by atoms with E-state index < -0.39 is 0 Å². The summed E-state index contributed by atoms with van der Waals surface area (Å²) in [6.07, 6.45) is 5.76. The molecule has 80 valence electrons. The number of hydrogen-bond donors (Lipinski definition) is 1. The maximum Gasteiger partial charge on any atom is 0.242 e. The molecular weight excluding hydrogens is 192 g/mol. The molecule has 1 saturated heterocycles. The number of carbonyl (C=O) groups is 1. The van der Waals surface area contributed by atoms with Crippen LogP contribution in [-0.4, -0.2) is 35.0 Å². The number of hydrogen-bond acceptors (Lipinski definition) is 4. The second-order valence-corrected chi connectivity index (χ2v) is 3.47. The van der Waals surface area contributed by atoms with Crippen LogP contribution in [-0.2, 0) is 4.79 Å². The Bertz CT molecular complexity index is 341. The van der Waals surface area contributed by atoms with Gasteiger partial charge in [-0.3, -0.25) is 9.78 Å². The van der Waals surface area contributed by atoms with Crippen molar-refractivity contribution in [3.8, 4) is 0 Å². The van der Waals surface area contributed by atoms with Gasteiger partial charge in [-0.05, 0) is 6.42 Å². The lowest BCUT2D eigenvalue weighted by Crippen LogP contribution is -2.55. The highest BCUT2D eigenvalue weighted by atomic mass is 16.2. The Morgan fingerprint density at radius 3 is 3.13 bits per heavy atom. The third-order valence-corrected chi connectivity index (χ3v) is 2.56. The molecule has 5 heteroatoms. The van der Waals surface area contributed by atoms with E-state index in [1.54, 1.807) is 18.6 Å². The topological polar surface area (TPSA) is 58.1 Å². The number of piperazine rings is 1. The fourth-order valence-electron chi connectivity index (χ4n) is 1.83. The second kappa shape index (κ2) is 4.25. The van der Waals surface area contributed by atoms with Crippen molar-refractivity contribution in [1.29, 1.82) is 0 Å². The third-order valence-electron chi connectivity index (χ3n) is 2.56. The van der Waals surface area contributed by atoms with Crippen LogP contribution in [0.4, 0.5) is 5.82 Å². The summed E-state index contributed by atoms with van der Waals surface area (Å²) in [7, 11) is 0. The van der Waals surface area contributed by atoms with E-state index in [2.05, 4.69) is 15.3 Å². The molecule has 2 heterocycles. The van der Waals surface area contributed by atoms with Crippen LogP contribution in [0.25, 0.3) is 0 Å². The SMILES string of the molecule is CCC1C(=O)NCCN1c1cnccn1. The number of nitrogens with one attached hydrogen (secondary N) is 1. The molecular formula is C10H14N4O. The Hall–Kier alpha value is -1.65. The first-order chi connectivity index (χ1) is 7.33. The van der Waals surface area contributed by atoms with Crippen molar-refractivity contribution < 1.29 is 4.79 Å². The predicted octanol–water partition coefficient (Wildman–Crippen LogP) is 0.191. The summed E-state index contributed by atoms with van der Waals surface area (Å²) in [5, 5.41) is 2.85. The Morgan fingerprint density at radius 1 is 1.60 bits per heavy atom. The molecule has 0 spiro atoms. The van der Waals surface area contributed by atoms with E-state index in [1.165, 1.54) is 0 Å². The van der Waals surface area contributed by atoms with Gasteiger partial charge in [-0.25, -0.2) is 4.98 Å². The monoisotopic (exact) mass is 206 g/mol. The van der Waals surface area contributed by atoms with Gasteiger partial charge in [0.05, 0.1) is 6.20 Å². The molecule has 1 aromatic heterocycles. The Labute approximate surface area is 88.5 Å². The van der Waals surface area contributed by atoms with E-state index in [0.717, 1.165) is 18.8 Å². The summed E-state index contributed by atoms with van der Waals surface area (Å²) >= 11 is 0. The molecule has 1 unspecified atom stereocenters. The first-order valence-corrected chi connectivity index (χ1v) is 5.13. The highest BCUT2D eigenvalue weighted by Gasteiger charge is 2.28. The van der Waals surface area contributed by atoms with Gasteiger partial charge in [-0.1, -0.05) is 6.92 Å². The Balaban J connectivity index is 2.23. The van der Waals surface area contributed by atoms with Gasteiger partial charge in [0.15, 0.2) is 0 Å². The molecule has 1 aliphatic rings. The van der Waals surface area contributed by atoms with Crippen LogP contribution in [0.1, 0.15) is 13.3 Å². The van der Waals surface area contributed by atoms with Crippen LogP contribution >= 0.6 is 0 Å². The van der Waals surface area contributed by atoms with E-state index in [9.17, 15) is 4.79 Å². The van der Waals surface area contributed by atoms with Crippen LogP contribution in [0.15, 0.2) is 18.6 Å². The van der Waals surface area contributed by atoms with Crippen LogP contribution < -0.4 is 10.2 Å². The minimum absolute atomic E-state index is 0.0782. The molecule has 1 aromatic rings. The number of aromatic nitrogens is 2. The lowest BCUT2D eigenvalue weighted by molar-refractivity contribution is -0.123. The summed E-state index contributed by atoms with van der Waals surface area (Å²) in [5.41, 5.74) is 0. The van der Waals surface area contributed by atoms with Crippen LogP contribution in [0.3, 0.4) is 0 Å². The zero-order valence-electron chi connectivity index (χ0n) is 8.68. The summed E-state index contributed by atoms with van der Waals surface area (Å²) in [5.74, 6) is 0.855. The summed E-state index contributed by atoms with van der Waals surface area (Å²) in [6, 6.07) is -0.115. The molecule has 0 radical (unpaired) electrons. The maximum absolute atomic E-state index is 11.6. The minimum atomic E-state index is -0.115. The first-order valence-electron chi connectivity index (χ1n) is 5.13. The molecule has 1 N–H and O–H groups in total. The van der Waals surface area contributed by atoms with Gasteiger partial charge < -0.3 is 10.2 Å². The fourth-order valence-corrected chi connectivity index (χ4v) is 1.83. The largest absolute Gasteiger partial charge is 0.353 e. The molecule has 1 amide bonds. The van der Waals surface area contributed by atoms with Crippen molar-refractivity contribution in [2.45, 2.75) is 19.4 Å². The number of nitrogens with zero attached hydrogens (tertiary/aromatic N) is 3. The predicted molar refractivity (Wildman–Crippen MR) is 56.5 cm³/mol. The molecule has 2 rings (SSSR count). The Kier molecular flexibility index (Phi) is 2.80. The molecule has 0 saturated carbocycles. The fraction of sp³-hybridized carbons (Fsp3) is 0.500. The zero-order chi connectivity index (χ0) is 10.7. The number of amides is 1. The van der Waals surface area contributed by atoms with Gasteiger partial charge in [0, 0.05) is 25.5 Å². The normalized spacial score (nSPS) is 21.3. The number of rotatable bonds is 2. The standard InChI is InChI=1S/C10H14N4O/c1-2-8-10(15)13-5-6-14(8)9-7-11-3-4-12-9/h3-4,7-8H,2,5-6H2,1H3,(H,13,15). The highest BCUT2D eigenvalue weighted by molar-refractivity contribution is 5.86. The second-order valence-electron chi connectivity index (χ2n) is 3.47. The van der Waals surface area contributed by atoms with E-state index in [0.29, 0.717) is 6.54 Å². The van der Waals surface area contributed by atoms with Crippen molar-refractivity contribution in [2.75, 3.05) is 18.0 Å². The highest BCUT2D eigenvalue weighted by Crippen LogP contribution is 2.16. The van der Waals surface area contributed by atoms with Crippen molar-refractivity contribution in [3.05, 3.63) is 18.6 Å². The summed E-state index contributed by atoms with van der Waals surface area (Å²) < 4.78 is 0. The van der Waals surface area contributed by atoms with Gasteiger partial charge in [0.25, 0.3) is 0 Å². The zero-order valence-corrected chi connectivity index (χ0v) is 8.68. The van der Waals surface area contributed by atoms with E-state index in [1.807, 2.05) is 11.8 Å². The molecule has 15 heavy (non-hydrogen) atoms. The van der Waals surface area contributed by atoms with E-state index in [4.69, 9.17) is 0 Å². The van der Waals surface area contributed by atoms with Crippen molar-refractivity contribution in [1.82, 2.24) is 15.3 Å². The van der Waals surface area contributed by atoms with Gasteiger partial charge in [0.1, 0.15) is 11.9 Å². The van der Waals surface area contributed by atoms with Gasteiger partial charge in [0.2, 0.25) is 5.91 Å². The molecule has 5 nitrogen and oxygen atoms in total. The van der Waals surface area contributed by atoms with Gasteiger partial charge >= 0.3 is 0 Å². The minimum Gasteiger partial charge on any atom is -0.353 e. The van der Waals surface area contributed by atoms with Crippen LogP contribution in [0.5, 0.6) is 0 Å². The van der Waals surface area contributed by atoms with E-state index >= 15 is 0 Å². The van der Waals surface area contributed by atoms with Gasteiger partial charge in [-0.15, -0.1) is 0 Å². The molecule has 0 bridgehead atoms. The first kappa shape index (κ1) is 9.89. The van der Waals surface area contributed by atoms with Crippen molar-refractivity contribution in [3.63, 3.8) is 0 Å². The lowest BCUT2D eigenvalue weighted by atomic mass is 10.1. The average molecular weight is 206 g/mol. The number of carbonyl (C=O) groups excluding carboxylic acids is 1. The Morgan fingerprint density at radius 2 is 2.47 bits per heavy atom. The lowest BCUT2D eigenvalue weighted by Gasteiger charge is -2.35. The van der Waals surface area contributed by atoms with Gasteiger partial charge in [-0.2, -0.15) is 0 Å². The number of anilines is 1. The van der Waals surface area contributed by atoms with Crippen LogP contribution in [0.2, 0.25) is 0 Å². The molecule has 0 aliphatic carbocycles. The summed E-state index contributed by atoms with van der Waals surface area (Å²) in [4.78, 5) is 21.9. The molecule has 0 aromatic carbocycles. The molecule has 1 atom stereocenters. The molecule has 1 aliphatic heterocycles. The summed E-state index contributed by atoms with van der Waals surface area (Å²) in [6.45, 7) is 3.47. The third kappa shape index (κ3) is 1.91. The van der Waals surface area contributed by atoms with Crippen LogP contribution in [0, 0.1) is 0 Å². The molecule has 1 fully saturated rings. The maximum atomic E-state index is 11.6.